The average Bonchev–Trinajstić information content (AvgIpc) is 2.66. The van der Waals surface area contributed by atoms with E-state index >= 15 is 0 Å². The van der Waals surface area contributed by atoms with E-state index in [2.05, 4.69) is 21.0 Å². The Morgan fingerprint density at radius 1 is 1.42 bits per heavy atom. The zero-order valence-corrected chi connectivity index (χ0v) is 12.9. The molecule has 1 aromatic carbocycles. The molecule has 19 heavy (non-hydrogen) atoms. The summed E-state index contributed by atoms with van der Waals surface area (Å²) in [7, 11) is 0. The Morgan fingerprint density at radius 2 is 2.11 bits per heavy atom. The highest BCUT2D eigenvalue weighted by Crippen LogP contribution is 2.32. The molecule has 0 aliphatic rings. The highest BCUT2D eigenvalue weighted by molar-refractivity contribution is 9.10. The molecule has 0 radical (unpaired) electrons. The van der Waals surface area contributed by atoms with Crippen molar-refractivity contribution >= 4 is 39.1 Å². The largest absolute Gasteiger partial charge is 0.282 e. The molecule has 2 nitrogen and oxygen atoms in total. The molecule has 1 aromatic heterocycles. The highest BCUT2D eigenvalue weighted by Gasteiger charge is 2.23. The topological polar surface area (TPSA) is 17.8 Å². The van der Waals surface area contributed by atoms with Crippen molar-refractivity contribution in [3.63, 3.8) is 0 Å². The standard InChI is InChI=1S/C12H9BrCl2F2N2/c1-6-4-7(13)2-3-9(6)19-11(15)8(5-14)10(18-19)12(16)17/h2-4,12H,5H2,1H3. The van der Waals surface area contributed by atoms with E-state index in [-0.39, 0.29) is 22.3 Å². The third kappa shape index (κ3) is 2.78. The van der Waals surface area contributed by atoms with Crippen LogP contribution in [0.15, 0.2) is 22.7 Å². The lowest BCUT2D eigenvalue weighted by Gasteiger charge is -2.07. The molecule has 0 fully saturated rings. The molecule has 0 aliphatic heterocycles. The first-order valence-electron chi connectivity index (χ1n) is 5.33. The van der Waals surface area contributed by atoms with Crippen LogP contribution in [-0.2, 0) is 5.88 Å². The van der Waals surface area contributed by atoms with Crippen molar-refractivity contribution in [1.82, 2.24) is 9.78 Å². The predicted octanol–water partition coefficient (Wildman–Crippen LogP) is 5.27. The van der Waals surface area contributed by atoms with E-state index in [1.54, 1.807) is 12.1 Å². The van der Waals surface area contributed by atoms with E-state index in [9.17, 15) is 8.78 Å². The molecule has 0 amide bonds. The minimum atomic E-state index is -2.71. The summed E-state index contributed by atoms with van der Waals surface area (Å²) in [5.74, 6) is -0.103. The Labute approximate surface area is 127 Å². The number of halogens is 5. The average molecular weight is 370 g/mol. The Balaban J connectivity index is 2.63. The lowest BCUT2D eigenvalue weighted by Crippen LogP contribution is -2.00. The lowest BCUT2D eigenvalue weighted by molar-refractivity contribution is 0.144. The van der Waals surface area contributed by atoms with Crippen LogP contribution in [0.1, 0.15) is 23.2 Å². The van der Waals surface area contributed by atoms with Crippen LogP contribution in [0.25, 0.3) is 5.69 Å². The SMILES string of the molecule is Cc1cc(Br)ccc1-n1nc(C(F)F)c(CCl)c1Cl. The third-order valence-corrected chi connectivity index (χ3v) is 3.83. The Hall–Kier alpha value is -0.650. The van der Waals surface area contributed by atoms with Gasteiger partial charge in [0, 0.05) is 10.0 Å². The molecule has 0 aliphatic carbocycles. The van der Waals surface area contributed by atoms with Crippen LogP contribution in [0, 0.1) is 6.92 Å². The number of nitrogens with zero attached hydrogens (tertiary/aromatic N) is 2. The molecule has 102 valence electrons. The van der Waals surface area contributed by atoms with Gasteiger partial charge in [0.2, 0.25) is 0 Å². The maximum Gasteiger partial charge on any atom is 0.282 e. The molecule has 2 rings (SSSR count). The van der Waals surface area contributed by atoms with E-state index in [1.165, 1.54) is 4.68 Å². The summed E-state index contributed by atoms with van der Waals surface area (Å²) < 4.78 is 28.0. The molecule has 7 heteroatoms. The summed E-state index contributed by atoms with van der Waals surface area (Å²) in [4.78, 5) is 0. The monoisotopic (exact) mass is 368 g/mol. The Morgan fingerprint density at radius 3 is 2.58 bits per heavy atom. The number of hydrogen-bond acceptors (Lipinski definition) is 1. The van der Waals surface area contributed by atoms with Gasteiger partial charge in [0.25, 0.3) is 6.43 Å². The van der Waals surface area contributed by atoms with E-state index < -0.39 is 6.43 Å². The second kappa shape index (κ2) is 5.77. The van der Waals surface area contributed by atoms with Gasteiger partial charge in [-0.25, -0.2) is 13.5 Å². The number of aromatic nitrogens is 2. The molecule has 1 heterocycles. The van der Waals surface area contributed by atoms with Crippen LogP contribution in [0.2, 0.25) is 5.15 Å². The molecule has 0 bridgehead atoms. The molecule has 0 spiro atoms. The number of hydrogen-bond donors (Lipinski definition) is 0. The van der Waals surface area contributed by atoms with Crippen molar-refractivity contribution in [3.8, 4) is 5.69 Å². The van der Waals surface area contributed by atoms with E-state index in [1.807, 2.05) is 13.0 Å². The predicted molar refractivity (Wildman–Crippen MR) is 75.5 cm³/mol. The zero-order valence-electron chi connectivity index (χ0n) is 9.80. The summed E-state index contributed by atoms with van der Waals surface area (Å²) in [6, 6.07) is 5.41. The Kier molecular flexibility index (Phi) is 4.48. The first-order valence-corrected chi connectivity index (χ1v) is 7.04. The van der Waals surface area contributed by atoms with Gasteiger partial charge >= 0.3 is 0 Å². The first kappa shape index (κ1) is 14.8. The summed E-state index contributed by atoms with van der Waals surface area (Å²) in [6.07, 6.45) is -2.71. The molecule has 0 unspecified atom stereocenters. The van der Waals surface area contributed by atoms with Gasteiger partial charge in [-0.2, -0.15) is 5.10 Å². The van der Waals surface area contributed by atoms with Gasteiger partial charge in [-0.3, -0.25) is 0 Å². The van der Waals surface area contributed by atoms with Crippen LogP contribution in [-0.4, -0.2) is 9.78 Å². The number of benzene rings is 1. The summed E-state index contributed by atoms with van der Waals surface area (Å²) in [6.45, 7) is 1.85. The third-order valence-electron chi connectivity index (χ3n) is 2.68. The van der Waals surface area contributed by atoms with E-state index in [0.29, 0.717) is 5.69 Å². The minimum Gasteiger partial charge on any atom is -0.221 e. The van der Waals surface area contributed by atoms with Crippen molar-refractivity contribution in [1.29, 1.82) is 0 Å². The normalized spacial score (nSPS) is 11.3. The lowest BCUT2D eigenvalue weighted by atomic mass is 10.2. The fourth-order valence-corrected chi connectivity index (χ4v) is 2.86. The summed E-state index contributed by atoms with van der Waals surface area (Å²) in [5, 5.41) is 4.00. The van der Waals surface area contributed by atoms with Gasteiger partial charge in [0.1, 0.15) is 10.8 Å². The molecule has 0 saturated carbocycles. The van der Waals surface area contributed by atoms with Crippen molar-refractivity contribution in [3.05, 3.63) is 44.6 Å². The summed E-state index contributed by atoms with van der Waals surface area (Å²) in [5.41, 5.74) is 1.30. The van der Waals surface area contributed by atoms with Gasteiger partial charge in [-0.05, 0) is 30.7 Å². The maximum absolute atomic E-state index is 12.9. The van der Waals surface area contributed by atoms with Crippen LogP contribution < -0.4 is 0 Å². The van der Waals surface area contributed by atoms with Crippen LogP contribution in [0.5, 0.6) is 0 Å². The molecule has 0 N–H and O–H groups in total. The van der Waals surface area contributed by atoms with E-state index in [0.717, 1.165) is 10.0 Å². The maximum atomic E-state index is 12.9. The first-order chi connectivity index (χ1) is 8.95. The zero-order chi connectivity index (χ0) is 14.2. The number of aryl methyl sites for hydroxylation is 1. The second-order valence-corrected chi connectivity index (χ2v) is 5.47. The van der Waals surface area contributed by atoms with Gasteiger partial charge in [0.05, 0.1) is 11.6 Å². The Bertz CT molecular complexity index is 614. The molecular weight excluding hydrogens is 361 g/mol. The number of alkyl halides is 3. The van der Waals surface area contributed by atoms with Crippen molar-refractivity contribution in [2.75, 3.05) is 0 Å². The summed E-state index contributed by atoms with van der Waals surface area (Å²) >= 11 is 15.1. The smallest absolute Gasteiger partial charge is 0.221 e. The minimum absolute atomic E-state index is 0.103. The van der Waals surface area contributed by atoms with Crippen molar-refractivity contribution in [2.45, 2.75) is 19.2 Å². The molecule has 0 atom stereocenters. The van der Waals surface area contributed by atoms with Crippen LogP contribution in [0.3, 0.4) is 0 Å². The van der Waals surface area contributed by atoms with Crippen LogP contribution in [0.4, 0.5) is 8.78 Å². The molecule has 2 aromatic rings. The van der Waals surface area contributed by atoms with Gasteiger partial charge in [-0.1, -0.05) is 27.5 Å². The van der Waals surface area contributed by atoms with E-state index in [4.69, 9.17) is 23.2 Å². The van der Waals surface area contributed by atoms with Gasteiger partial charge in [-0.15, -0.1) is 11.6 Å². The van der Waals surface area contributed by atoms with Crippen LogP contribution >= 0.6 is 39.1 Å². The molecule has 0 saturated heterocycles. The quantitative estimate of drug-likeness (QED) is 0.673. The fourth-order valence-electron chi connectivity index (χ4n) is 1.76. The van der Waals surface area contributed by atoms with Crippen molar-refractivity contribution < 1.29 is 8.78 Å². The second-order valence-electron chi connectivity index (χ2n) is 3.93. The molecular formula is C12H9BrCl2F2N2. The fraction of sp³-hybridized carbons (Fsp3) is 0.250. The highest BCUT2D eigenvalue weighted by atomic mass is 79.9. The number of rotatable bonds is 3. The van der Waals surface area contributed by atoms with Crippen molar-refractivity contribution in [2.24, 2.45) is 0 Å². The van der Waals surface area contributed by atoms with Gasteiger partial charge in [0.15, 0.2) is 0 Å². The van der Waals surface area contributed by atoms with Gasteiger partial charge < -0.3 is 0 Å².